The molecule has 0 fully saturated rings. The zero-order valence-corrected chi connectivity index (χ0v) is 12.1. The number of hydrogen-bond donors (Lipinski definition) is 0. The molecule has 0 bridgehead atoms. The maximum atomic E-state index is 13.1. The van der Waals surface area contributed by atoms with E-state index >= 15 is 0 Å². The lowest BCUT2D eigenvalue weighted by Gasteiger charge is -2.09. The van der Waals surface area contributed by atoms with E-state index in [-0.39, 0.29) is 12.4 Å². The van der Waals surface area contributed by atoms with Crippen LogP contribution in [-0.2, 0) is 6.61 Å². The molecule has 0 aromatic heterocycles. The minimum Gasteiger partial charge on any atom is -0.489 e. The van der Waals surface area contributed by atoms with Crippen LogP contribution in [0.25, 0.3) is 0 Å². The predicted octanol–water partition coefficient (Wildman–Crippen LogP) is 5.13. The molecule has 1 nitrogen and oxygen atoms in total. The van der Waals surface area contributed by atoms with Gasteiger partial charge in [0.1, 0.15) is 18.2 Å². The fraction of sp³-hybridized carbons (Fsp3) is 0.143. The summed E-state index contributed by atoms with van der Waals surface area (Å²) < 4.78 is 19.7. The number of ether oxygens (including phenoxy) is 1. The molecule has 0 N–H and O–H groups in total. The zero-order chi connectivity index (χ0) is 13.1. The molecule has 0 radical (unpaired) electrons. The van der Waals surface area contributed by atoms with Crippen LogP contribution in [0.5, 0.6) is 5.75 Å². The Balaban J connectivity index is 2.11. The highest BCUT2D eigenvalue weighted by atomic mass is 79.9. The van der Waals surface area contributed by atoms with Gasteiger partial charge in [0.25, 0.3) is 0 Å². The third-order valence-electron chi connectivity index (χ3n) is 2.53. The first-order valence-electron chi connectivity index (χ1n) is 5.39. The lowest BCUT2D eigenvalue weighted by molar-refractivity contribution is 0.305. The average Bonchev–Trinajstić information content (AvgIpc) is 2.34. The standard InChI is InChI=1S/C14H11BrClFO/c1-9-6-12(3-4-13(9)15)18-8-10-7-11(17)2-5-14(10)16/h2-7H,8H2,1H3. The number of benzene rings is 2. The zero-order valence-electron chi connectivity index (χ0n) is 9.71. The minimum absolute atomic E-state index is 0.248. The van der Waals surface area contributed by atoms with Gasteiger partial charge in [0.2, 0.25) is 0 Å². The van der Waals surface area contributed by atoms with Gasteiger partial charge in [-0.05, 0) is 48.9 Å². The molecule has 2 aromatic rings. The van der Waals surface area contributed by atoms with Crippen molar-refractivity contribution in [3.05, 3.63) is 62.8 Å². The summed E-state index contributed by atoms with van der Waals surface area (Å²) in [4.78, 5) is 0. The predicted molar refractivity (Wildman–Crippen MR) is 74.6 cm³/mol. The SMILES string of the molecule is Cc1cc(OCc2cc(F)ccc2Cl)ccc1Br. The maximum Gasteiger partial charge on any atom is 0.123 e. The summed E-state index contributed by atoms with van der Waals surface area (Å²) in [6.07, 6.45) is 0. The molecule has 0 saturated carbocycles. The van der Waals surface area contributed by atoms with Crippen molar-refractivity contribution in [1.29, 1.82) is 0 Å². The third-order valence-corrected chi connectivity index (χ3v) is 3.79. The molecule has 0 amide bonds. The molecule has 0 aliphatic rings. The third kappa shape index (κ3) is 3.24. The average molecular weight is 330 g/mol. The Labute approximate surface area is 119 Å². The van der Waals surface area contributed by atoms with Gasteiger partial charge in [-0.15, -0.1) is 0 Å². The number of hydrogen-bond acceptors (Lipinski definition) is 1. The molecule has 2 rings (SSSR count). The Bertz CT molecular complexity index is 572. The van der Waals surface area contributed by atoms with Crippen LogP contribution in [0, 0.1) is 12.7 Å². The molecule has 0 spiro atoms. The van der Waals surface area contributed by atoms with E-state index in [2.05, 4.69) is 15.9 Å². The lowest BCUT2D eigenvalue weighted by Crippen LogP contribution is -1.97. The van der Waals surface area contributed by atoms with Gasteiger partial charge in [-0.2, -0.15) is 0 Å². The van der Waals surface area contributed by atoms with Crippen molar-refractivity contribution in [2.24, 2.45) is 0 Å². The van der Waals surface area contributed by atoms with E-state index in [1.54, 1.807) is 0 Å². The van der Waals surface area contributed by atoms with Crippen LogP contribution in [0.2, 0.25) is 5.02 Å². The molecule has 0 saturated heterocycles. The first-order valence-corrected chi connectivity index (χ1v) is 6.56. The van der Waals surface area contributed by atoms with E-state index in [4.69, 9.17) is 16.3 Å². The first-order chi connectivity index (χ1) is 8.56. The van der Waals surface area contributed by atoms with Gasteiger partial charge in [-0.3, -0.25) is 0 Å². The number of aryl methyl sites for hydroxylation is 1. The van der Waals surface area contributed by atoms with Crippen LogP contribution in [0.3, 0.4) is 0 Å². The normalized spacial score (nSPS) is 10.4. The van der Waals surface area contributed by atoms with Crippen molar-refractivity contribution >= 4 is 27.5 Å². The molecule has 0 heterocycles. The van der Waals surface area contributed by atoms with Crippen LogP contribution in [-0.4, -0.2) is 0 Å². The Morgan fingerprint density at radius 3 is 2.72 bits per heavy atom. The number of rotatable bonds is 3. The largest absolute Gasteiger partial charge is 0.489 e. The van der Waals surface area contributed by atoms with Crippen LogP contribution < -0.4 is 4.74 Å². The first kappa shape index (κ1) is 13.4. The molecular formula is C14H11BrClFO. The monoisotopic (exact) mass is 328 g/mol. The molecular weight excluding hydrogens is 319 g/mol. The van der Waals surface area contributed by atoms with Gasteiger partial charge in [0, 0.05) is 15.1 Å². The summed E-state index contributed by atoms with van der Waals surface area (Å²) in [5, 5.41) is 0.505. The molecule has 18 heavy (non-hydrogen) atoms. The summed E-state index contributed by atoms with van der Waals surface area (Å²) in [7, 11) is 0. The highest BCUT2D eigenvalue weighted by Crippen LogP contribution is 2.24. The van der Waals surface area contributed by atoms with Crippen LogP contribution >= 0.6 is 27.5 Å². The molecule has 0 unspecified atom stereocenters. The van der Waals surface area contributed by atoms with Gasteiger partial charge >= 0.3 is 0 Å². The molecule has 0 aliphatic heterocycles. The maximum absolute atomic E-state index is 13.1. The van der Waals surface area contributed by atoms with Crippen molar-refractivity contribution in [1.82, 2.24) is 0 Å². The quantitative estimate of drug-likeness (QED) is 0.758. The van der Waals surface area contributed by atoms with Gasteiger partial charge in [-0.25, -0.2) is 4.39 Å². The Morgan fingerprint density at radius 2 is 2.00 bits per heavy atom. The minimum atomic E-state index is -0.315. The van der Waals surface area contributed by atoms with Crippen LogP contribution in [0.15, 0.2) is 40.9 Å². The van der Waals surface area contributed by atoms with E-state index in [0.29, 0.717) is 10.6 Å². The number of halogens is 3. The van der Waals surface area contributed by atoms with Crippen LogP contribution in [0.1, 0.15) is 11.1 Å². The van der Waals surface area contributed by atoms with E-state index in [1.165, 1.54) is 18.2 Å². The molecule has 4 heteroatoms. The second-order valence-electron chi connectivity index (χ2n) is 3.94. The Kier molecular flexibility index (Phi) is 4.25. The van der Waals surface area contributed by atoms with Crippen molar-refractivity contribution in [2.45, 2.75) is 13.5 Å². The highest BCUT2D eigenvalue weighted by molar-refractivity contribution is 9.10. The van der Waals surface area contributed by atoms with Crippen molar-refractivity contribution < 1.29 is 9.13 Å². The van der Waals surface area contributed by atoms with Crippen LogP contribution in [0.4, 0.5) is 4.39 Å². The molecule has 94 valence electrons. The summed E-state index contributed by atoms with van der Waals surface area (Å²) in [5.41, 5.74) is 1.72. The fourth-order valence-electron chi connectivity index (χ4n) is 1.52. The van der Waals surface area contributed by atoms with Gasteiger partial charge in [0.15, 0.2) is 0 Å². The van der Waals surface area contributed by atoms with Gasteiger partial charge in [0.05, 0.1) is 0 Å². The second-order valence-corrected chi connectivity index (χ2v) is 5.20. The van der Waals surface area contributed by atoms with E-state index < -0.39 is 0 Å². The highest BCUT2D eigenvalue weighted by Gasteiger charge is 2.04. The van der Waals surface area contributed by atoms with E-state index in [1.807, 2.05) is 25.1 Å². The van der Waals surface area contributed by atoms with Crippen molar-refractivity contribution in [3.8, 4) is 5.75 Å². The van der Waals surface area contributed by atoms with Crippen molar-refractivity contribution in [2.75, 3.05) is 0 Å². The lowest BCUT2D eigenvalue weighted by atomic mass is 10.2. The summed E-state index contributed by atoms with van der Waals surface area (Å²) in [6, 6.07) is 9.92. The molecule has 0 atom stereocenters. The summed E-state index contributed by atoms with van der Waals surface area (Å²) in [5.74, 6) is 0.418. The van der Waals surface area contributed by atoms with Gasteiger partial charge in [-0.1, -0.05) is 27.5 Å². The van der Waals surface area contributed by atoms with E-state index in [9.17, 15) is 4.39 Å². The molecule has 2 aromatic carbocycles. The Hall–Kier alpha value is -1.06. The molecule has 0 aliphatic carbocycles. The Morgan fingerprint density at radius 1 is 1.22 bits per heavy atom. The van der Waals surface area contributed by atoms with Gasteiger partial charge < -0.3 is 4.74 Å². The summed E-state index contributed by atoms with van der Waals surface area (Å²) >= 11 is 9.39. The topological polar surface area (TPSA) is 9.23 Å². The van der Waals surface area contributed by atoms with E-state index in [0.717, 1.165) is 15.8 Å². The fourth-order valence-corrected chi connectivity index (χ4v) is 1.94. The second kappa shape index (κ2) is 5.72. The smallest absolute Gasteiger partial charge is 0.123 e. The summed E-state index contributed by atoms with van der Waals surface area (Å²) in [6.45, 7) is 2.23. The van der Waals surface area contributed by atoms with Crippen molar-refractivity contribution in [3.63, 3.8) is 0 Å².